The zero-order valence-corrected chi connectivity index (χ0v) is 13.0. The maximum atomic E-state index is 12.4. The maximum Gasteiger partial charge on any atom is 0.243 e. The van der Waals surface area contributed by atoms with Gasteiger partial charge in [-0.05, 0) is 36.6 Å². The second-order valence-electron chi connectivity index (χ2n) is 5.52. The number of halogens is 1. The molecule has 0 N–H and O–H groups in total. The van der Waals surface area contributed by atoms with Crippen molar-refractivity contribution in [2.75, 3.05) is 7.05 Å². The fourth-order valence-corrected chi connectivity index (χ4v) is 3.20. The summed E-state index contributed by atoms with van der Waals surface area (Å²) in [6.07, 6.45) is 0. The second-order valence-corrected chi connectivity index (χ2v) is 7.95. The molecule has 0 spiro atoms. The number of sulfonamides is 1. The fourth-order valence-electron chi connectivity index (χ4n) is 1.53. The van der Waals surface area contributed by atoms with Gasteiger partial charge < -0.3 is 0 Å². The molecule has 0 saturated carbocycles. The number of hydrogen-bond donors (Lipinski definition) is 0. The Kier molecular flexibility index (Phi) is 4.47. The molecule has 0 aliphatic carbocycles. The van der Waals surface area contributed by atoms with Gasteiger partial charge in [-0.15, -0.1) is 0 Å². The zero-order chi connectivity index (χ0) is 14.1. The molecule has 1 aromatic rings. The molecule has 5 heteroatoms. The lowest BCUT2D eigenvalue weighted by Gasteiger charge is -2.34. The van der Waals surface area contributed by atoms with Gasteiger partial charge in [0.15, 0.2) is 0 Å². The molecule has 0 saturated heterocycles. The number of nitrogens with zero attached hydrogens (tertiary/aromatic N) is 1. The third-order valence-corrected chi connectivity index (χ3v) is 5.48. The van der Waals surface area contributed by atoms with Gasteiger partial charge in [0.05, 0.1) is 4.90 Å². The average molecular weight is 290 g/mol. The van der Waals surface area contributed by atoms with Crippen molar-refractivity contribution in [1.29, 1.82) is 0 Å². The molecule has 1 atom stereocenters. The van der Waals surface area contributed by atoms with Crippen molar-refractivity contribution in [2.45, 2.75) is 38.6 Å². The molecule has 0 amide bonds. The predicted octanol–water partition coefficient (Wildman–Crippen LogP) is 3.40. The summed E-state index contributed by atoms with van der Waals surface area (Å²) in [6, 6.07) is 6.14. The van der Waals surface area contributed by atoms with Crippen molar-refractivity contribution >= 4 is 21.6 Å². The first-order chi connectivity index (χ1) is 8.06. The van der Waals surface area contributed by atoms with Gasteiger partial charge in [-0.25, -0.2) is 8.42 Å². The zero-order valence-electron chi connectivity index (χ0n) is 11.4. The SMILES string of the molecule is C[C@@H](N(C)S(=O)(=O)c1ccc(Cl)cc1)C(C)(C)C. The molecule has 1 aromatic carbocycles. The highest BCUT2D eigenvalue weighted by Gasteiger charge is 2.32. The van der Waals surface area contributed by atoms with Gasteiger partial charge in [-0.3, -0.25) is 0 Å². The lowest BCUT2D eigenvalue weighted by Crippen LogP contribution is -2.42. The van der Waals surface area contributed by atoms with Crippen LogP contribution in [0.25, 0.3) is 0 Å². The van der Waals surface area contributed by atoms with E-state index in [0.717, 1.165) is 0 Å². The molecule has 0 aliphatic rings. The molecule has 102 valence electrons. The third kappa shape index (κ3) is 3.25. The molecular formula is C13H20ClNO2S. The first kappa shape index (κ1) is 15.5. The normalized spacial score (nSPS) is 14.8. The third-order valence-electron chi connectivity index (χ3n) is 3.29. The molecule has 0 fully saturated rings. The van der Waals surface area contributed by atoms with E-state index in [1.54, 1.807) is 19.2 Å². The van der Waals surface area contributed by atoms with Crippen LogP contribution in [0, 0.1) is 5.41 Å². The van der Waals surface area contributed by atoms with E-state index in [9.17, 15) is 8.42 Å². The summed E-state index contributed by atoms with van der Waals surface area (Å²) in [5, 5.41) is 0.528. The van der Waals surface area contributed by atoms with Crippen molar-refractivity contribution < 1.29 is 8.42 Å². The standard InChI is InChI=1S/C13H20ClNO2S/c1-10(13(2,3)4)15(5)18(16,17)12-8-6-11(14)7-9-12/h6-10H,1-5H3/t10-/m1/s1. The van der Waals surface area contributed by atoms with Crippen molar-refractivity contribution in [1.82, 2.24) is 4.31 Å². The summed E-state index contributed by atoms with van der Waals surface area (Å²) >= 11 is 5.77. The van der Waals surface area contributed by atoms with Gasteiger partial charge in [-0.2, -0.15) is 4.31 Å². The Morgan fingerprint density at radius 2 is 1.61 bits per heavy atom. The van der Waals surface area contributed by atoms with Crippen LogP contribution in [0.4, 0.5) is 0 Å². The lowest BCUT2D eigenvalue weighted by atomic mass is 9.88. The van der Waals surface area contributed by atoms with Crippen LogP contribution in [0.2, 0.25) is 5.02 Å². The van der Waals surface area contributed by atoms with E-state index in [2.05, 4.69) is 0 Å². The number of rotatable bonds is 3. The van der Waals surface area contributed by atoms with Gasteiger partial charge in [0, 0.05) is 18.1 Å². The van der Waals surface area contributed by atoms with E-state index in [1.807, 2.05) is 27.7 Å². The molecule has 3 nitrogen and oxygen atoms in total. The molecule has 0 aliphatic heterocycles. The Bertz CT molecular complexity index is 503. The van der Waals surface area contributed by atoms with Crippen LogP contribution in [-0.4, -0.2) is 25.8 Å². The summed E-state index contributed by atoms with van der Waals surface area (Å²) in [4.78, 5) is 0.269. The lowest BCUT2D eigenvalue weighted by molar-refractivity contribution is 0.216. The van der Waals surface area contributed by atoms with E-state index in [4.69, 9.17) is 11.6 Å². The highest BCUT2D eigenvalue weighted by Crippen LogP contribution is 2.27. The first-order valence-electron chi connectivity index (χ1n) is 5.80. The minimum Gasteiger partial charge on any atom is -0.207 e. The molecule has 0 radical (unpaired) electrons. The summed E-state index contributed by atoms with van der Waals surface area (Å²) in [7, 11) is -1.85. The van der Waals surface area contributed by atoms with E-state index < -0.39 is 10.0 Å². The van der Waals surface area contributed by atoms with Crippen LogP contribution in [0.5, 0.6) is 0 Å². The Labute approximate surface area is 115 Å². The van der Waals surface area contributed by atoms with Crippen molar-refractivity contribution in [3.8, 4) is 0 Å². The van der Waals surface area contributed by atoms with E-state index >= 15 is 0 Å². The van der Waals surface area contributed by atoms with Gasteiger partial charge in [0.1, 0.15) is 0 Å². The minimum atomic E-state index is -3.46. The Morgan fingerprint density at radius 1 is 1.17 bits per heavy atom. The molecule has 18 heavy (non-hydrogen) atoms. The van der Waals surface area contributed by atoms with Gasteiger partial charge >= 0.3 is 0 Å². The smallest absolute Gasteiger partial charge is 0.207 e. The summed E-state index contributed by atoms with van der Waals surface area (Å²) < 4.78 is 26.2. The Balaban J connectivity index is 3.11. The largest absolute Gasteiger partial charge is 0.243 e. The van der Waals surface area contributed by atoms with Crippen molar-refractivity contribution in [3.05, 3.63) is 29.3 Å². The molecule has 0 unspecified atom stereocenters. The predicted molar refractivity (Wildman–Crippen MR) is 75.3 cm³/mol. The van der Waals surface area contributed by atoms with Crippen LogP contribution >= 0.6 is 11.6 Å². The van der Waals surface area contributed by atoms with Crippen LogP contribution in [0.3, 0.4) is 0 Å². The molecular weight excluding hydrogens is 270 g/mol. The van der Waals surface area contributed by atoms with Gasteiger partial charge in [0.25, 0.3) is 0 Å². The molecule has 0 bridgehead atoms. The highest BCUT2D eigenvalue weighted by atomic mass is 35.5. The van der Waals surface area contributed by atoms with E-state index in [-0.39, 0.29) is 16.4 Å². The van der Waals surface area contributed by atoms with Crippen LogP contribution in [0.15, 0.2) is 29.2 Å². The quantitative estimate of drug-likeness (QED) is 0.855. The first-order valence-corrected chi connectivity index (χ1v) is 7.62. The number of hydrogen-bond acceptors (Lipinski definition) is 2. The minimum absolute atomic E-state index is 0.0989. The Hall–Kier alpha value is -0.580. The topological polar surface area (TPSA) is 37.4 Å². The molecule has 0 heterocycles. The van der Waals surface area contributed by atoms with Crippen LogP contribution in [0.1, 0.15) is 27.7 Å². The van der Waals surface area contributed by atoms with Crippen molar-refractivity contribution in [2.24, 2.45) is 5.41 Å². The van der Waals surface area contributed by atoms with Crippen LogP contribution < -0.4 is 0 Å². The Morgan fingerprint density at radius 3 is 2.00 bits per heavy atom. The summed E-state index contributed by atoms with van der Waals surface area (Å²) in [6.45, 7) is 7.97. The molecule has 1 rings (SSSR count). The fraction of sp³-hybridized carbons (Fsp3) is 0.538. The van der Waals surface area contributed by atoms with Gasteiger partial charge in [-0.1, -0.05) is 32.4 Å². The molecule has 0 aromatic heterocycles. The van der Waals surface area contributed by atoms with Gasteiger partial charge in [0.2, 0.25) is 10.0 Å². The highest BCUT2D eigenvalue weighted by molar-refractivity contribution is 7.89. The van der Waals surface area contributed by atoms with E-state index in [0.29, 0.717) is 5.02 Å². The monoisotopic (exact) mass is 289 g/mol. The summed E-state index contributed by atoms with van der Waals surface area (Å²) in [5.41, 5.74) is -0.117. The van der Waals surface area contributed by atoms with Crippen LogP contribution in [-0.2, 0) is 10.0 Å². The average Bonchev–Trinajstić information content (AvgIpc) is 2.26. The number of benzene rings is 1. The maximum absolute atomic E-state index is 12.4. The van der Waals surface area contributed by atoms with Crippen molar-refractivity contribution in [3.63, 3.8) is 0 Å². The van der Waals surface area contributed by atoms with E-state index in [1.165, 1.54) is 16.4 Å². The second kappa shape index (κ2) is 5.19. The summed E-state index contributed by atoms with van der Waals surface area (Å²) in [5.74, 6) is 0.